The number of aliphatic hydroxyl groups excluding tert-OH is 1. The lowest BCUT2D eigenvalue weighted by Gasteiger charge is -2.18. The summed E-state index contributed by atoms with van der Waals surface area (Å²) < 4.78 is 5.77. The summed E-state index contributed by atoms with van der Waals surface area (Å²) in [6, 6.07) is 14.2. The maximum Gasteiger partial charge on any atom is 0.191 e. The highest BCUT2D eigenvalue weighted by molar-refractivity contribution is 14.0. The number of hydrogen-bond donors (Lipinski definition) is 3. The van der Waals surface area contributed by atoms with Crippen LogP contribution >= 0.6 is 35.3 Å². The summed E-state index contributed by atoms with van der Waals surface area (Å²) in [6.45, 7) is 8.16. The Morgan fingerprint density at radius 3 is 2.56 bits per heavy atom. The first-order chi connectivity index (χ1) is 12.6. The number of aryl methyl sites for hydroxylation is 1. The summed E-state index contributed by atoms with van der Waals surface area (Å²) in [7, 11) is 0. The van der Waals surface area contributed by atoms with Gasteiger partial charge in [-0.25, -0.2) is 4.99 Å². The smallest absolute Gasteiger partial charge is 0.191 e. The van der Waals surface area contributed by atoms with Crippen molar-refractivity contribution in [2.75, 3.05) is 19.7 Å². The molecular weight excluding hydrogens is 473 g/mol. The van der Waals surface area contributed by atoms with Crippen LogP contribution in [0.25, 0.3) is 0 Å². The van der Waals surface area contributed by atoms with Crippen LogP contribution in [0.5, 0.6) is 0 Å². The highest BCUT2D eigenvalue weighted by Gasteiger charge is 2.10. The molecule has 2 unspecified atom stereocenters. The molecule has 1 aromatic heterocycles. The monoisotopic (exact) mass is 503 g/mol. The van der Waals surface area contributed by atoms with E-state index in [1.807, 2.05) is 44.2 Å². The molecule has 0 aliphatic carbocycles. The Morgan fingerprint density at radius 1 is 1.19 bits per heavy atom. The number of rotatable bonds is 9. The molecule has 0 amide bonds. The van der Waals surface area contributed by atoms with Crippen LogP contribution in [0.15, 0.2) is 47.5 Å². The molecule has 0 bridgehead atoms. The van der Waals surface area contributed by atoms with Gasteiger partial charge in [0.2, 0.25) is 0 Å². The highest BCUT2D eigenvalue weighted by Crippen LogP contribution is 2.16. The second-order valence-corrected chi connectivity index (χ2v) is 7.50. The summed E-state index contributed by atoms with van der Waals surface area (Å²) in [5.41, 5.74) is 1.11. The summed E-state index contributed by atoms with van der Waals surface area (Å²) in [5, 5.41) is 16.6. The number of nitrogens with one attached hydrogen (secondary N) is 2. The van der Waals surface area contributed by atoms with E-state index in [1.54, 1.807) is 11.3 Å². The zero-order chi connectivity index (χ0) is 18.8. The fraction of sp³-hybridized carbons (Fsp3) is 0.450. The van der Waals surface area contributed by atoms with Crippen molar-refractivity contribution < 1.29 is 9.84 Å². The molecule has 7 heteroatoms. The maximum atomic E-state index is 10.2. The van der Waals surface area contributed by atoms with Crippen LogP contribution in [0.2, 0.25) is 0 Å². The number of benzene rings is 1. The summed E-state index contributed by atoms with van der Waals surface area (Å²) in [4.78, 5) is 7.07. The largest absolute Gasteiger partial charge is 0.389 e. The quantitative estimate of drug-likeness (QED) is 0.276. The van der Waals surface area contributed by atoms with Gasteiger partial charge in [0.25, 0.3) is 0 Å². The van der Waals surface area contributed by atoms with E-state index in [4.69, 9.17) is 4.74 Å². The molecule has 150 valence electrons. The molecule has 0 spiro atoms. The minimum atomic E-state index is -0.603. The molecule has 0 aliphatic heterocycles. The molecule has 5 nitrogen and oxygen atoms in total. The van der Waals surface area contributed by atoms with Gasteiger partial charge in [-0.3, -0.25) is 0 Å². The normalized spacial score (nSPS) is 13.6. The Morgan fingerprint density at radius 2 is 1.93 bits per heavy atom. The third-order valence-corrected chi connectivity index (χ3v) is 4.83. The van der Waals surface area contributed by atoms with E-state index in [1.165, 1.54) is 9.75 Å². The summed E-state index contributed by atoms with van der Waals surface area (Å²) in [6.07, 6.45) is -0.649. The van der Waals surface area contributed by atoms with Crippen LogP contribution < -0.4 is 10.6 Å². The van der Waals surface area contributed by atoms with E-state index < -0.39 is 6.10 Å². The molecule has 1 aromatic carbocycles. The van der Waals surface area contributed by atoms with Gasteiger partial charge in [-0.05, 0) is 38.5 Å². The molecule has 2 atom stereocenters. The van der Waals surface area contributed by atoms with Crippen molar-refractivity contribution in [3.8, 4) is 0 Å². The fourth-order valence-electron chi connectivity index (χ4n) is 2.42. The van der Waals surface area contributed by atoms with Crippen molar-refractivity contribution in [1.82, 2.24) is 10.6 Å². The molecule has 2 aromatic rings. The Labute approximate surface area is 183 Å². The van der Waals surface area contributed by atoms with Crippen molar-refractivity contribution in [3.05, 3.63) is 57.8 Å². The van der Waals surface area contributed by atoms with Crippen molar-refractivity contribution in [2.45, 2.75) is 39.5 Å². The number of aliphatic hydroxyl groups is 1. The zero-order valence-corrected chi connectivity index (χ0v) is 19.3. The van der Waals surface area contributed by atoms with Crippen LogP contribution in [0.1, 0.15) is 35.3 Å². The molecule has 0 radical (unpaired) electrons. The lowest BCUT2D eigenvalue weighted by atomic mass is 10.1. The molecule has 27 heavy (non-hydrogen) atoms. The predicted octanol–water partition coefficient (Wildman–Crippen LogP) is 3.87. The Kier molecular flexibility index (Phi) is 11.6. The zero-order valence-electron chi connectivity index (χ0n) is 16.1. The van der Waals surface area contributed by atoms with Gasteiger partial charge in [0.05, 0.1) is 25.4 Å². The molecule has 0 saturated carbocycles. The van der Waals surface area contributed by atoms with Gasteiger partial charge in [0, 0.05) is 22.8 Å². The minimum absolute atomic E-state index is 0. The Bertz CT molecular complexity index is 679. The lowest BCUT2D eigenvalue weighted by molar-refractivity contribution is -0.000599. The Hall–Kier alpha value is -1.16. The number of halogens is 1. The minimum Gasteiger partial charge on any atom is -0.389 e. The lowest BCUT2D eigenvalue weighted by Crippen LogP contribution is -2.42. The number of aliphatic imine (C=N–C) groups is 1. The van der Waals surface area contributed by atoms with E-state index in [2.05, 4.69) is 34.7 Å². The molecular formula is C20H30IN3O2S. The predicted molar refractivity (Wildman–Crippen MR) is 124 cm³/mol. The van der Waals surface area contributed by atoms with Gasteiger partial charge in [-0.1, -0.05) is 30.3 Å². The van der Waals surface area contributed by atoms with E-state index >= 15 is 0 Å². The number of ether oxygens (including phenoxy) is 1. The number of thiophene rings is 1. The Balaban J connectivity index is 0.00000364. The third-order valence-electron chi connectivity index (χ3n) is 3.85. The standard InChI is InChI=1S/C20H29N3O2S.HI/c1-4-21-20(23-13-19-11-10-15(2)26-19)22-12-18(24)14-25-16(3)17-8-6-5-7-9-17;/h5-11,16,18,24H,4,12-14H2,1-3H3,(H2,21,22,23);1H. The van der Waals surface area contributed by atoms with Crippen molar-refractivity contribution in [1.29, 1.82) is 0 Å². The van der Waals surface area contributed by atoms with Gasteiger partial charge in [-0.15, -0.1) is 35.3 Å². The maximum absolute atomic E-state index is 10.2. The van der Waals surface area contributed by atoms with Crippen LogP contribution in [-0.4, -0.2) is 36.9 Å². The van der Waals surface area contributed by atoms with Crippen molar-refractivity contribution in [3.63, 3.8) is 0 Å². The topological polar surface area (TPSA) is 65.9 Å². The van der Waals surface area contributed by atoms with E-state index in [9.17, 15) is 5.11 Å². The highest BCUT2D eigenvalue weighted by atomic mass is 127. The number of hydrogen-bond acceptors (Lipinski definition) is 4. The van der Waals surface area contributed by atoms with Gasteiger partial charge in [0.15, 0.2) is 5.96 Å². The number of nitrogens with zero attached hydrogens (tertiary/aromatic N) is 1. The van der Waals surface area contributed by atoms with Crippen molar-refractivity contribution in [2.24, 2.45) is 4.99 Å². The van der Waals surface area contributed by atoms with Gasteiger partial charge < -0.3 is 20.5 Å². The second kappa shape index (κ2) is 13.1. The second-order valence-electron chi connectivity index (χ2n) is 6.13. The average molecular weight is 503 g/mol. The van der Waals surface area contributed by atoms with Gasteiger partial charge in [-0.2, -0.15) is 0 Å². The first-order valence-corrected chi connectivity index (χ1v) is 9.82. The third kappa shape index (κ3) is 9.05. The van der Waals surface area contributed by atoms with E-state index in [0.717, 1.165) is 12.1 Å². The molecule has 3 N–H and O–H groups in total. The molecule has 0 aliphatic rings. The van der Waals surface area contributed by atoms with E-state index in [-0.39, 0.29) is 36.7 Å². The molecule has 0 fully saturated rings. The average Bonchev–Trinajstić information content (AvgIpc) is 3.08. The molecule has 1 heterocycles. The van der Waals surface area contributed by atoms with Crippen molar-refractivity contribution >= 4 is 41.3 Å². The van der Waals surface area contributed by atoms with Crippen LogP contribution in [0, 0.1) is 6.92 Å². The van der Waals surface area contributed by atoms with Gasteiger partial charge >= 0.3 is 0 Å². The van der Waals surface area contributed by atoms with Crippen LogP contribution in [0.4, 0.5) is 0 Å². The SMILES string of the molecule is CCNC(=NCc1ccc(C)s1)NCC(O)COC(C)c1ccccc1.I. The molecule has 0 saturated heterocycles. The van der Waals surface area contributed by atoms with Crippen LogP contribution in [-0.2, 0) is 11.3 Å². The summed E-state index contributed by atoms with van der Waals surface area (Å²) >= 11 is 1.75. The van der Waals surface area contributed by atoms with Gasteiger partial charge in [0.1, 0.15) is 0 Å². The van der Waals surface area contributed by atoms with Crippen LogP contribution in [0.3, 0.4) is 0 Å². The first kappa shape index (κ1) is 23.9. The summed E-state index contributed by atoms with van der Waals surface area (Å²) in [5.74, 6) is 0.703. The molecule has 2 rings (SSSR count). The fourth-order valence-corrected chi connectivity index (χ4v) is 3.23. The van der Waals surface area contributed by atoms with E-state index in [0.29, 0.717) is 19.0 Å². The first-order valence-electron chi connectivity index (χ1n) is 9.00. The number of guanidine groups is 1.